The number of carbonyl (C=O) groups excluding carboxylic acids is 1. The van der Waals surface area contributed by atoms with Gasteiger partial charge >= 0.3 is 6.16 Å². The fourth-order valence-electron chi connectivity index (χ4n) is 1.05. The SMILES string of the molecule is [2H]c1c([2H])c(C(C([2H])([2H])[2H])(C([2H])([2H])[2H])C([2H])([2H])[2H])c([2H])c(C(C([2H])([2H])[2H])(C([2H])([2H])[2H])C([2H])([2H])[2H])c1OC(=O)OC. The molecule has 19 heavy (non-hydrogen) atoms. The fourth-order valence-corrected chi connectivity index (χ4v) is 1.05. The van der Waals surface area contributed by atoms with Crippen LogP contribution in [0.4, 0.5) is 4.79 Å². The molecule has 3 heteroatoms. The fraction of sp³-hybridized carbons (Fsp3) is 0.562. The number of hydrogen-bond acceptors (Lipinski definition) is 3. The molecule has 0 fully saturated rings. The van der Waals surface area contributed by atoms with Crippen LogP contribution < -0.4 is 4.74 Å². The van der Waals surface area contributed by atoms with Crippen molar-refractivity contribution in [1.82, 2.24) is 0 Å². The predicted molar refractivity (Wildman–Crippen MR) is 76.9 cm³/mol. The number of ether oxygens (including phenoxy) is 2. The van der Waals surface area contributed by atoms with Crippen LogP contribution in [0.5, 0.6) is 5.75 Å². The Kier molecular flexibility index (Phi) is 0.885. The first-order chi connectivity index (χ1) is 17.3. The highest BCUT2D eigenvalue weighted by molar-refractivity contribution is 5.65. The van der Waals surface area contributed by atoms with Crippen LogP contribution in [0.15, 0.2) is 18.1 Å². The molecule has 0 spiro atoms. The van der Waals surface area contributed by atoms with Gasteiger partial charge in [0.25, 0.3) is 0 Å². The molecule has 0 heterocycles. The summed E-state index contributed by atoms with van der Waals surface area (Å²) in [6.07, 6.45) is -1.84. The second-order valence-electron chi connectivity index (χ2n) is 3.51. The number of benzene rings is 1. The van der Waals surface area contributed by atoms with Crippen molar-refractivity contribution in [1.29, 1.82) is 0 Å². The zero-order valence-corrected chi connectivity index (χ0v) is 9.72. The average Bonchev–Trinajstić information content (AvgIpc) is 2.65. The number of hydrogen-bond donors (Lipinski definition) is 0. The van der Waals surface area contributed by atoms with Crippen LogP contribution >= 0.6 is 0 Å². The van der Waals surface area contributed by atoms with E-state index in [2.05, 4.69) is 9.47 Å². The van der Waals surface area contributed by atoms with E-state index in [-0.39, 0.29) is 0 Å². The lowest BCUT2D eigenvalue weighted by Crippen LogP contribution is -2.19. The van der Waals surface area contributed by atoms with Gasteiger partial charge in [-0.15, -0.1) is 0 Å². The Hall–Kier alpha value is -1.51. The van der Waals surface area contributed by atoms with Gasteiger partial charge in [-0.1, -0.05) is 53.2 Å². The molecule has 0 amide bonds. The summed E-state index contributed by atoms with van der Waals surface area (Å²) in [6, 6.07) is -5.37. The molecule has 0 aromatic heterocycles. The van der Waals surface area contributed by atoms with E-state index in [1.165, 1.54) is 0 Å². The van der Waals surface area contributed by atoms with Gasteiger partial charge in [0.05, 0.1) is 11.2 Å². The molecule has 3 nitrogen and oxygen atoms in total. The van der Waals surface area contributed by atoms with Gasteiger partial charge in [-0.2, -0.15) is 0 Å². The van der Waals surface area contributed by atoms with Gasteiger partial charge in [-0.25, -0.2) is 4.79 Å². The molecule has 0 N–H and O–H groups in total. The number of carbonyl (C=O) groups is 1. The molecule has 0 saturated heterocycles. The molecule has 0 unspecified atom stereocenters. The summed E-state index contributed by atoms with van der Waals surface area (Å²) in [4.78, 5) is 12.0. The second-order valence-corrected chi connectivity index (χ2v) is 3.51. The molecule has 1 aromatic carbocycles. The van der Waals surface area contributed by atoms with Crippen molar-refractivity contribution in [3.8, 4) is 5.75 Å². The zero-order chi connectivity index (χ0) is 32.5. The highest BCUT2D eigenvalue weighted by atomic mass is 16.7. The van der Waals surface area contributed by atoms with Crippen LogP contribution in [0, 0.1) is 0 Å². The minimum Gasteiger partial charge on any atom is -0.437 e. The Balaban J connectivity index is 5.06. The van der Waals surface area contributed by atoms with Crippen LogP contribution in [-0.4, -0.2) is 13.3 Å². The van der Waals surface area contributed by atoms with Crippen LogP contribution in [0.25, 0.3) is 0 Å². The van der Waals surface area contributed by atoms with Crippen molar-refractivity contribution in [2.45, 2.75) is 51.9 Å². The van der Waals surface area contributed by atoms with Crippen molar-refractivity contribution in [2.75, 3.05) is 7.11 Å². The summed E-state index contributed by atoms with van der Waals surface area (Å²) in [5, 5.41) is 0. The lowest BCUT2D eigenvalue weighted by atomic mass is 9.80. The Bertz CT molecular complexity index is 1060. The Morgan fingerprint density at radius 2 is 1.79 bits per heavy atom. The lowest BCUT2D eigenvalue weighted by Gasteiger charge is -2.26. The summed E-state index contributed by atoms with van der Waals surface area (Å²) in [7, 11) is 0.677. The van der Waals surface area contributed by atoms with Gasteiger partial charge < -0.3 is 9.47 Å². The van der Waals surface area contributed by atoms with E-state index in [0.717, 1.165) is 0 Å². The van der Waals surface area contributed by atoms with Crippen molar-refractivity contribution in [2.24, 2.45) is 0 Å². The van der Waals surface area contributed by atoms with Gasteiger partial charge in [-0.3, -0.25) is 0 Å². The highest BCUT2D eigenvalue weighted by Crippen LogP contribution is 2.35. The molecule has 0 saturated carbocycles. The summed E-state index contributed by atoms with van der Waals surface area (Å²) < 4.78 is 177. The first-order valence-electron chi connectivity index (χ1n) is 15.2. The van der Waals surface area contributed by atoms with Crippen molar-refractivity contribution < 1.29 is 43.1 Å². The maximum Gasteiger partial charge on any atom is 0.513 e. The van der Waals surface area contributed by atoms with E-state index < -0.39 is 93.1 Å². The molecule has 106 valence electrons. The molecular formula is C16H24O3. The Morgan fingerprint density at radius 3 is 2.32 bits per heavy atom. The van der Waals surface area contributed by atoms with Crippen molar-refractivity contribution in [3.63, 3.8) is 0 Å². The minimum absolute atomic E-state index is 0.677. The molecule has 0 aliphatic heterocycles. The number of methoxy groups -OCH3 is 1. The third kappa shape index (κ3) is 3.98. The molecule has 0 aliphatic rings. The average molecular weight is 285 g/mol. The van der Waals surface area contributed by atoms with E-state index in [0.29, 0.717) is 7.11 Å². The first-order valence-corrected chi connectivity index (χ1v) is 4.72. The van der Waals surface area contributed by atoms with E-state index >= 15 is 0 Å². The largest absolute Gasteiger partial charge is 0.513 e. The van der Waals surface area contributed by atoms with Crippen molar-refractivity contribution in [3.05, 3.63) is 29.3 Å². The molecular weight excluding hydrogens is 240 g/mol. The van der Waals surface area contributed by atoms with Crippen LogP contribution in [0.3, 0.4) is 0 Å². The van der Waals surface area contributed by atoms with Crippen molar-refractivity contribution >= 4 is 6.16 Å². The minimum atomic E-state index is -4.34. The molecule has 1 aromatic rings. The maximum absolute atomic E-state index is 12.0. The standard InChI is InChI=1S/C16H24O3/c1-15(2,3)11-8-9-13(19-14(17)18-7)12(10-11)16(4,5)6/h8-10H,1-7H3/i1D3,2D3,3D3,4D3,5D3,6D3,8D,9D,10D. The Morgan fingerprint density at radius 1 is 1.16 bits per heavy atom. The van der Waals surface area contributed by atoms with E-state index in [9.17, 15) is 4.79 Å². The molecule has 0 bridgehead atoms. The quantitative estimate of drug-likeness (QED) is 0.566. The van der Waals surface area contributed by atoms with Gasteiger partial charge in [0.2, 0.25) is 0 Å². The van der Waals surface area contributed by atoms with E-state index in [1.54, 1.807) is 0 Å². The summed E-state index contributed by atoms with van der Waals surface area (Å²) in [6.45, 7) is -25.3. The maximum atomic E-state index is 12.0. The van der Waals surface area contributed by atoms with E-state index in [1.807, 2.05) is 0 Å². The van der Waals surface area contributed by atoms with Gasteiger partial charge in [0, 0.05) is 30.2 Å². The van der Waals surface area contributed by atoms with Crippen LogP contribution in [0.2, 0.25) is 0 Å². The first kappa shape index (κ1) is 3.21. The smallest absolute Gasteiger partial charge is 0.437 e. The third-order valence-corrected chi connectivity index (χ3v) is 1.88. The molecule has 1 rings (SSSR count). The molecule has 0 aliphatic carbocycles. The van der Waals surface area contributed by atoms with Crippen LogP contribution in [-0.2, 0) is 15.6 Å². The second kappa shape index (κ2) is 5.24. The van der Waals surface area contributed by atoms with E-state index in [4.69, 9.17) is 28.8 Å². The van der Waals surface area contributed by atoms with Gasteiger partial charge in [0.15, 0.2) is 0 Å². The lowest BCUT2D eigenvalue weighted by molar-refractivity contribution is 0.120. The molecule has 0 radical (unpaired) electrons. The topological polar surface area (TPSA) is 35.5 Å². The summed E-state index contributed by atoms with van der Waals surface area (Å²) >= 11 is 0. The predicted octanol–water partition coefficient (Wildman–Crippen LogP) is 4.43. The summed E-state index contributed by atoms with van der Waals surface area (Å²) in [5.41, 5.74) is -12.4. The van der Waals surface area contributed by atoms with Gasteiger partial charge in [0.1, 0.15) is 5.75 Å². The summed E-state index contributed by atoms with van der Waals surface area (Å²) in [5.74, 6) is -1.68. The monoisotopic (exact) mass is 285 g/mol. The normalized spacial score (nSPS) is 32.4. The number of rotatable bonds is 1. The zero-order valence-electron chi connectivity index (χ0n) is 30.7. The van der Waals surface area contributed by atoms with Gasteiger partial charge in [-0.05, 0) is 22.4 Å². The Labute approximate surface area is 145 Å². The molecule has 0 atom stereocenters. The highest BCUT2D eigenvalue weighted by Gasteiger charge is 2.24. The van der Waals surface area contributed by atoms with Crippen LogP contribution in [0.1, 0.15) is 81.0 Å². The third-order valence-electron chi connectivity index (χ3n) is 1.88.